The maximum atomic E-state index is 2.54. The smallest absolute Gasteiger partial charge is 0.0114 e. The van der Waals surface area contributed by atoms with Gasteiger partial charge in [-0.2, -0.15) is 0 Å². The molecule has 0 heteroatoms. The van der Waals surface area contributed by atoms with Gasteiger partial charge in [-0.3, -0.25) is 0 Å². The van der Waals surface area contributed by atoms with Crippen molar-refractivity contribution in [3.8, 4) is 111 Å². The van der Waals surface area contributed by atoms with Gasteiger partial charge < -0.3 is 0 Å². The van der Waals surface area contributed by atoms with Gasteiger partial charge in [0, 0.05) is 0 Å². The average Bonchev–Trinajstić information content (AvgIpc) is 0.727. The van der Waals surface area contributed by atoms with E-state index in [2.05, 4.69) is 276 Å². The first kappa shape index (κ1) is 72.5. The molecule has 0 heterocycles. The first-order valence-electron chi connectivity index (χ1n) is 37.1. The van der Waals surface area contributed by atoms with Crippen molar-refractivity contribution in [2.75, 3.05) is 0 Å². The lowest BCUT2D eigenvalue weighted by Crippen LogP contribution is -2.10. The van der Waals surface area contributed by atoms with Gasteiger partial charge >= 0.3 is 0 Å². The molecule has 99 heavy (non-hydrogen) atoms. The molecular formula is C99H118. The van der Waals surface area contributed by atoms with Crippen molar-refractivity contribution < 1.29 is 0 Å². The van der Waals surface area contributed by atoms with Crippen molar-refractivity contribution in [2.24, 2.45) is 0 Å². The summed E-state index contributed by atoms with van der Waals surface area (Å²) in [5, 5.41) is 0. The Balaban J connectivity index is 1.24. The van der Waals surface area contributed by atoms with Crippen LogP contribution in [0.15, 0.2) is 6.07 Å². The third-order valence-corrected chi connectivity index (χ3v) is 28.2. The fourth-order valence-corrected chi connectivity index (χ4v) is 20.3. The van der Waals surface area contributed by atoms with Crippen molar-refractivity contribution in [3.63, 3.8) is 0 Å². The highest BCUT2D eigenvalue weighted by Gasteiger charge is 2.34. The molecule has 0 radical (unpaired) electrons. The third-order valence-electron chi connectivity index (χ3n) is 28.2. The van der Waals surface area contributed by atoms with Gasteiger partial charge in [0.25, 0.3) is 0 Å². The molecule has 0 spiro atoms. The highest BCUT2D eigenvalue weighted by Crippen LogP contribution is 2.55. The number of benzene rings is 10. The molecule has 0 saturated carbocycles. The minimum atomic E-state index is 1.34. The van der Waals surface area contributed by atoms with Crippen LogP contribution >= 0.6 is 0 Å². The summed E-state index contributed by atoms with van der Waals surface area (Å²) in [4.78, 5) is 0. The lowest BCUT2D eigenvalue weighted by atomic mass is 9.73. The summed E-state index contributed by atoms with van der Waals surface area (Å²) in [7, 11) is 0. The summed E-state index contributed by atoms with van der Waals surface area (Å²) in [5.41, 5.74) is 81.8. The van der Waals surface area contributed by atoms with Gasteiger partial charge in [-0.25, -0.2) is 0 Å². The molecule has 0 amide bonds. The van der Waals surface area contributed by atoms with Gasteiger partial charge in [0.15, 0.2) is 0 Å². The van der Waals surface area contributed by atoms with E-state index in [9.17, 15) is 0 Å². The quantitative estimate of drug-likeness (QED) is 0.142. The zero-order chi connectivity index (χ0) is 73.8. The van der Waals surface area contributed by atoms with E-state index in [-0.39, 0.29) is 0 Å². The maximum absolute atomic E-state index is 2.54. The Hall–Kier alpha value is -7.80. The maximum Gasteiger partial charge on any atom is -0.0114 e. The summed E-state index contributed by atoms with van der Waals surface area (Å²) < 4.78 is 0. The van der Waals surface area contributed by atoms with Crippen LogP contribution in [0, 0.1) is 270 Å². The molecule has 0 N–H and O–H groups in total. The Bertz CT molecular complexity index is 5120. The Morgan fingerprint density at radius 1 is 0.0909 bits per heavy atom. The number of aryl methyl sites for hydroxylation is 1. The van der Waals surface area contributed by atoms with Gasteiger partial charge in [-0.05, 0) is 598 Å². The molecular weight excluding hydrogens is 1190 g/mol. The summed E-state index contributed by atoms with van der Waals surface area (Å²) in [5.74, 6) is 0. The Morgan fingerprint density at radius 3 is 0.283 bits per heavy atom. The Kier molecular flexibility index (Phi) is 18.1. The van der Waals surface area contributed by atoms with Crippen LogP contribution in [-0.2, 0) is 0 Å². The summed E-state index contributed by atoms with van der Waals surface area (Å²) in [6, 6.07) is 2.54. The van der Waals surface area contributed by atoms with Gasteiger partial charge in [0.1, 0.15) is 0 Å². The lowest BCUT2D eigenvalue weighted by molar-refractivity contribution is 1.16. The van der Waals surface area contributed by atoms with E-state index >= 15 is 0 Å². The SMILES string of the molecule is Cc1cc2c(C)c(C)c1-c1c(C)c(C)c(c(C)c1C)-c1c(C)c(C)c(c(C)c1C)-c1c(C)c(C)c(c(C)c1C)-c1c(C)c(C)c(c(C)c1C)-c1c(C)c(C)c(c(C)c1C)-c1c(C)c(C)c(c(C)c1C)-c1c(C)c(C)c(c(C)c1C)-c1c(C)c(C)c(c(C)c1C)-c1c(C)c(C)c-2c(C)c1C. The summed E-state index contributed by atoms with van der Waals surface area (Å²) in [6.07, 6.45) is 0. The molecule has 0 unspecified atom stereocenters. The van der Waals surface area contributed by atoms with Gasteiger partial charge in [0.05, 0.1) is 0 Å². The van der Waals surface area contributed by atoms with E-state index in [0.29, 0.717) is 0 Å². The topological polar surface area (TPSA) is 0 Å². The molecule has 0 fully saturated rings. The summed E-state index contributed by atoms with van der Waals surface area (Å²) >= 11 is 0. The molecule has 28 aliphatic rings. The first-order valence-corrected chi connectivity index (χ1v) is 37.1. The van der Waals surface area contributed by atoms with Gasteiger partial charge in [0.2, 0.25) is 0 Å². The van der Waals surface area contributed by atoms with E-state index in [0.717, 1.165) is 0 Å². The number of hydrogen-bond donors (Lipinski definition) is 0. The molecule has 0 atom stereocenters. The molecule has 0 nitrogen and oxygen atoms in total. The van der Waals surface area contributed by atoms with E-state index in [1.54, 1.807) is 0 Å². The van der Waals surface area contributed by atoms with Gasteiger partial charge in [-0.15, -0.1) is 0 Å². The fraction of sp³-hybridized carbons (Fsp3) is 0.394. The van der Waals surface area contributed by atoms with Crippen LogP contribution in [0.3, 0.4) is 0 Å². The van der Waals surface area contributed by atoms with Crippen molar-refractivity contribution in [2.45, 2.75) is 270 Å². The molecule has 38 rings (SSSR count). The zero-order valence-electron chi connectivity index (χ0n) is 69.1. The van der Waals surface area contributed by atoms with Crippen LogP contribution < -0.4 is 0 Å². The number of rotatable bonds is 0. The average molecular weight is 1310 g/mol. The Morgan fingerprint density at radius 2 is 0.172 bits per heavy atom. The van der Waals surface area contributed by atoms with E-state index in [4.69, 9.17) is 0 Å². The highest BCUT2D eigenvalue weighted by molar-refractivity contribution is 5.99. The van der Waals surface area contributed by atoms with Crippen LogP contribution in [0.4, 0.5) is 0 Å². The van der Waals surface area contributed by atoms with Crippen molar-refractivity contribution in [1.82, 2.24) is 0 Å². The largest absolute Gasteiger partial charge is 0.0505 e. The van der Waals surface area contributed by atoms with E-state index in [1.165, 1.54) is 328 Å². The minimum Gasteiger partial charge on any atom is -0.0505 e. The second-order valence-electron chi connectivity index (χ2n) is 32.1. The Labute approximate surface area is 600 Å². The molecule has 10 aromatic rings. The van der Waals surface area contributed by atoms with E-state index < -0.39 is 0 Å². The van der Waals surface area contributed by atoms with Crippen molar-refractivity contribution in [3.05, 3.63) is 223 Å². The lowest BCUT2D eigenvalue weighted by Gasteiger charge is -2.31. The highest BCUT2D eigenvalue weighted by atomic mass is 14.4. The molecule has 0 aliphatic heterocycles. The zero-order valence-corrected chi connectivity index (χ0v) is 69.1. The van der Waals surface area contributed by atoms with E-state index in [1.807, 2.05) is 0 Å². The van der Waals surface area contributed by atoms with Crippen LogP contribution in [0.2, 0.25) is 0 Å². The fourth-order valence-electron chi connectivity index (χ4n) is 20.3. The number of hydrogen-bond acceptors (Lipinski definition) is 0. The van der Waals surface area contributed by atoms with Crippen molar-refractivity contribution >= 4 is 0 Å². The third kappa shape index (κ3) is 9.75. The van der Waals surface area contributed by atoms with Crippen LogP contribution in [-0.4, -0.2) is 0 Å². The second-order valence-corrected chi connectivity index (χ2v) is 32.1. The predicted octanol–water partition coefficient (Wildman–Crippen LogP) is 28.7. The molecule has 28 aliphatic carbocycles. The van der Waals surface area contributed by atoms with Crippen molar-refractivity contribution in [1.29, 1.82) is 0 Å². The summed E-state index contributed by atoms with van der Waals surface area (Å²) in [6.45, 7) is 94.0. The first-order chi connectivity index (χ1) is 46.0. The molecule has 0 aromatic heterocycles. The minimum absolute atomic E-state index is 1.34. The normalized spacial score (nSPS) is 12.0. The molecule has 20 bridgehead atoms. The second kappa shape index (κ2) is 24.8. The standard InChI is InChI=1S/C99H118/c1-41-40-80-42(2)43(3)81(41)83-48(8)50(10)85(51(11)49(83)9)87-56(16)58(18)89(59(19)57(87)17)91-64(24)66(26)93(67(27)65(91)25)95-72(32)74(34)97(75(35)73(95)33)99-78(38)76(36)98(77(37)79(99)39)96-70(30)68(28)94(69(29)71(96)31)92-62(22)60(20)90(61(21)63(92)23)88-54(14)52(12)86(53(13)55(88)15)84-46(6)44(4)82(80)45(5)47(84)7/h40H,1-39H3. The van der Waals surface area contributed by atoms with Gasteiger partial charge in [-0.1, -0.05) is 6.07 Å². The van der Waals surface area contributed by atoms with Crippen LogP contribution in [0.25, 0.3) is 111 Å². The molecule has 10 aromatic carbocycles. The monoisotopic (exact) mass is 1310 g/mol. The molecule has 514 valence electrons. The molecule has 0 saturated heterocycles. The predicted molar refractivity (Wildman–Crippen MR) is 439 cm³/mol. The van der Waals surface area contributed by atoms with Crippen LogP contribution in [0.1, 0.15) is 217 Å². The van der Waals surface area contributed by atoms with Crippen LogP contribution in [0.5, 0.6) is 0 Å².